The molecule has 5 atom stereocenters. The molecule has 1 aliphatic heterocycles. The van der Waals surface area contributed by atoms with Crippen LogP contribution in [0.15, 0.2) is 18.5 Å². The van der Waals surface area contributed by atoms with Gasteiger partial charge in [0, 0.05) is 27.1 Å². The van der Waals surface area contributed by atoms with Gasteiger partial charge in [-0.25, -0.2) is 23.4 Å². The zero-order valence-electron chi connectivity index (χ0n) is 35.3. The van der Waals surface area contributed by atoms with E-state index in [4.69, 9.17) is 47.7 Å². The minimum Gasteiger partial charge on any atom is -0.456 e. The summed E-state index contributed by atoms with van der Waals surface area (Å²) in [5.74, 6) is -1.53. The molecule has 1 aliphatic rings. The number of fused-ring (bicyclic) bond motifs is 1. The van der Waals surface area contributed by atoms with Gasteiger partial charge in [0.25, 0.3) is 0 Å². The number of nitrogen functional groups attached to an aromatic ring is 1. The highest BCUT2D eigenvalue weighted by molar-refractivity contribution is 7.48. The number of anilines is 1. The van der Waals surface area contributed by atoms with E-state index in [2.05, 4.69) is 17.0 Å². The van der Waals surface area contributed by atoms with Crippen molar-refractivity contribution in [1.82, 2.24) is 14.6 Å². The van der Waals surface area contributed by atoms with Gasteiger partial charge < -0.3 is 34.2 Å². The van der Waals surface area contributed by atoms with Gasteiger partial charge in [-0.15, -0.1) is 0 Å². The number of aromatic nitrogens is 3. The Hall–Kier alpha value is -3.85. The molecule has 3 rings (SSSR count). The molecule has 18 nitrogen and oxygen atoms in total. The zero-order chi connectivity index (χ0) is 43.1. The SMILES string of the molecule is CCCCCCCCCCCCCCCCOCCCOP(=O)(OCOC(=O)OC(C)C)OC[C@H]1O[C@@](C#N)(c2ccc3c(N)ncnn23)[C@H](OC(C)=O)[C@@H]1OC(C)=O. The van der Waals surface area contributed by atoms with Crippen LogP contribution in [0.3, 0.4) is 0 Å². The maximum Gasteiger partial charge on any atom is 0.510 e. The monoisotopic (exact) mass is 853 g/mol. The van der Waals surface area contributed by atoms with Crippen LogP contribution in [0.1, 0.15) is 137 Å². The van der Waals surface area contributed by atoms with Crippen LogP contribution in [-0.2, 0) is 61.7 Å². The number of hydrogen-bond donors (Lipinski definition) is 1. The summed E-state index contributed by atoms with van der Waals surface area (Å²) in [5.41, 5.74) is 4.25. The number of nitriles is 1. The first kappa shape index (κ1) is 49.5. The summed E-state index contributed by atoms with van der Waals surface area (Å²) >= 11 is 0. The Kier molecular flexibility index (Phi) is 22.1. The number of rotatable bonds is 30. The number of unbranched alkanes of at least 4 members (excludes halogenated alkanes) is 13. The van der Waals surface area contributed by atoms with Gasteiger partial charge in [-0.2, -0.15) is 10.4 Å². The van der Waals surface area contributed by atoms with Crippen molar-refractivity contribution < 1.29 is 60.9 Å². The minimum absolute atomic E-state index is 0.0665. The van der Waals surface area contributed by atoms with Crippen LogP contribution in [0.2, 0.25) is 0 Å². The third kappa shape index (κ3) is 16.6. The van der Waals surface area contributed by atoms with E-state index in [1.807, 2.05) is 6.07 Å². The molecule has 0 saturated carbocycles. The zero-order valence-corrected chi connectivity index (χ0v) is 36.2. The largest absolute Gasteiger partial charge is 0.510 e. The number of carbonyl (C=O) groups is 3. The van der Waals surface area contributed by atoms with Crippen molar-refractivity contribution in [2.24, 2.45) is 0 Å². The normalized spacial score (nSPS) is 20.0. The van der Waals surface area contributed by atoms with Crippen molar-refractivity contribution in [3.63, 3.8) is 0 Å². The molecule has 0 spiro atoms. The summed E-state index contributed by atoms with van der Waals surface area (Å²) < 4.78 is 64.6. The minimum atomic E-state index is -4.56. The number of nitrogens with two attached hydrogens (primary N) is 1. The molecule has 2 aromatic rings. The Morgan fingerprint density at radius 2 is 1.49 bits per heavy atom. The van der Waals surface area contributed by atoms with E-state index in [1.165, 1.54) is 93.7 Å². The van der Waals surface area contributed by atoms with Crippen LogP contribution in [-0.4, -0.2) is 90.3 Å². The fourth-order valence-corrected chi connectivity index (χ4v) is 7.74. The predicted octanol–water partition coefficient (Wildman–Crippen LogP) is 7.86. The lowest BCUT2D eigenvalue weighted by Crippen LogP contribution is -2.45. The van der Waals surface area contributed by atoms with Crippen molar-refractivity contribution >= 4 is 37.3 Å². The summed E-state index contributed by atoms with van der Waals surface area (Å²) in [6.07, 6.45) is 13.2. The third-order valence-electron chi connectivity index (χ3n) is 9.47. The second-order valence-electron chi connectivity index (χ2n) is 14.7. The fourth-order valence-electron chi connectivity index (χ4n) is 6.65. The summed E-state index contributed by atoms with van der Waals surface area (Å²) in [4.78, 5) is 40.6. The molecule has 2 N–H and O–H groups in total. The van der Waals surface area contributed by atoms with Crippen LogP contribution in [0, 0.1) is 11.3 Å². The first-order valence-electron chi connectivity index (χ1n) is 20.8. The topological polar surface area (TPSA) is 231 Å². The Balaban J connectivity index is 1.57. The van der Waals surface area contributed by atoms with E-state index in [1.54, 1.807) is 13.8 Å². The molecule has 3 heterocycles. The number of carbonyl (C=O) groups excluding carboxylic acids is 3. The van der Waals surface area contributed by atoms with Crippen LogP contribution < -0.4 is 5.73 Å². The van der Waals surface area contributed by atoms with Crippen LogP contribution in [0.4, 0.5) is 10.6 Å². The Morgan fingerprint density at radius 1 is 0.881 bits per heavy atom. The number of phosphoric acid groups is 1. The average molecular weight is 854 g/mol. The molecule has 0 aliphatic carbocycles. The molecule has 0 amide bonds. The molecule has 0 aromatic carbocycles. The average Bonchev–Trinajstić information content (AvgIpc) is 3.74. The molecular formula is C40H64N5O13P. The van der Waals surface area contributed by atoms with Gasteiger partial charge >= 0.3 is 25.9 Å². The van der Waals surface area contributed by atoms with E-state index >= 15 is 0 Å². The lowest BCUT2D eigenvalue weighted by Gasteiger charge is -2.28. The quantitative estimate of drug-likeness (QED) is 0.0259. The predicted molar refractivity (Wildman–Crippen MR) is 215 cm³/mol. The summed E-state index contributed by atoms with van der Waals surface area (Å²) in [6.45, 7) is 6.90. The molecular weight excluding hydrogens is 789 g/mol. The van der Waals surface area contributed by atoms with Crippen molar-refractivity contribution in [3.8, 4) is 6.07 Å². The molecule has 1 unspecified atom stereocenters. The maximum atomic E-state index is 13.9. The second-order valence-corrected chi connectivity index (χ2v) is 16.4. The lowest BCUT2D eigenvalue weighted by atomic mass is 9.92. The van der Waals surface area contributed by atoms with Gasteiger partial charge in [0.2, 0.25) is 12.4 Å². The van der Waals surface area contributed by atoms with Crippen LogP contribution in [0.5, 0.6) is 0 Å². The van der Waals surface area contributed by atoms with E-state index in [9.17, 15) is 24.2 Å². The molecule has 2 aromatic heterocycles. The maximum absolute atomic E-state index is 13.9. The number of nitrogens with zero attached hydrogens (tertiary/aromatic N) is 4. The van der Waals surface area contributed by atoms with Gasteiger partial charge in [-0.05, 0) is 38.8 Å². The lowest BCUT2D eigenvalue weighted by molar-refractivity contribution is -0.166. The van der Waals surface area contributed by atoms with E-state index in [-0.39, 0.29) is 18.1 Å². The highest BCUT2D eigenvalue weighted by atomic mass is 31.2. The number of esters is 2. The Bertz CT molecular complexity index is 1670. The number of phosphoric ester groups is 1. The van der Waals surface area contributed by atoms with Crippen molar-refractivity contribution in [2.45, 2.75) is 161 Å². The third-order valence-corrected chi connectivity index (χ3v) is 10.9. The van der Waals surface area contributed by atoms with E-state index in [0.717, 1.165) is 33.0 Å². The van der Waals surface area contributed by atoms with E-state index < -0.39 is 69.3 Å². The summed E-state index contributed by atoms with van der Waals surface area (Å²) in [6, 6.07) is 5.05. The summed E-state index contributed by atoms with van der Waals surface area (Å²) in [7, 11) is -4.56. The van der Waals surface area contributed by atoms with Gasteiger partial charge in [0.15, 0.2) is 18.0 Å². The standard InChI is InChI=1S/C40H64N5O13P/c1-6-7-8-9-10-11-12-13-14-15-16-17-18-19-23-50-24-20-25-52-59(49,54-29-51-39(48)55-30(2)3)53-26-34-36(56-31(4)46)37(57-32(5)47)40(27-41,58-34)35-22-21-33-38(42)43-28-44-45(33)35/h21-22,28,30,34,36-37H,6-20,23-26,29H2,1-5H3,(H2,42,43,44)/t34-,36-,37-,40+,59?/m1/s1. The Morgan fingerprint density at radius 3 is 2.08 bits per heavy atom. The second kappa shape index (κ2) is 26.4. The van der Waals surface area contributed by atoms with Gasteiger partial charge in [0.1, 0.15) is 24.0 Å². The molecule has 1 saturated heterocycles. The molecule has 19 heteroatoms. The molecule has 0 radical (unpaired) electrons. The first-order chi connectivity index (χ1) is 28.4. The van der Waals surface area contributed by atoms with Crippen molar-refractivity contribution in [3.05, 3.63) is 24.2 Å². The van der Waals surface area contributed by atoms with Crippen molar-refractivity contribution in [1.29, 1.82) is 5.26 Å². The molecule has 59 heavy (non-hydrogen) atoms. The number of ether oxygens (including phenoxy) is 6. The van der Waals surface area contributed by atoms with Crippen LogP contribution >= 0.6 is 7.82 Å². The van der Waals surface area contributed by atoms with Crippen molar-refractivity contribution in [2.75, 3.05) is 39.0 Å². The fraction of sp³-hybridized carbons (Fsp3) is 0.750. The highest BCUT2D eigenvalue weighted by Crippen LogP contribution is 2.51. The Labute approximate surface area is 347 Å². The van der Waals surface area contributed by atoms with Gasteiger partial charge in [-0.3, -0.25) is 18.6 Å². The smallest absolute Gasteiger partial charge is 0.456 e. The molecule has 332 valence electrons. The summed E-state index contributed by atoms with van der Waals surface area (Å²) in [5, 5.41) is 14.8. The van der Waals surface area contributed by atoms with Gasteiger partial charge in [-0.1, -0.05) is 90.4 Å². The van der Waals surface area contributed by atoms with E-state index in [0.29, 0.717) is 25.2 Å². The molecule has 0 bridgehead atoms. The highest BCUT2D eigenvalue weighted by Gasteiger charge is 2.62. The molecule has 1 fully saturated rings. The van der Waals surface area contributed by atoms with Crippen LogP contribution in [0.25, 0.3) is 5.52 Å². The number of hydrogen-bond acceptors (Lipinski definition) is 17. The first-order valence-corrected chi connectivity index (χ1v) is 22.3. The van der Waals surface area contributed by atoms with Gasteiger partial charge in [0.05, 0.1) is 25.0 Å².